The lowest BCUT2D eigenvalue weighted by Gasteiger charge is -2.50. The summed E-state index contributed by atoms with van der Waals surface area (Å²) < 4.78 is 53.8. The van der Waals surface area contributed by atoms with E-state index in [1.165, 1.54) is 5.56 Å². The van der Waals surface area contributed by atoms with E-state index in [2.05, 4.69) is 33.0 Å². The van der Waals surface area contributed by atoms with Crippen LogP contribution in [0.1, 0.15) is 60.5 Å². The quantitative estimate of drug-likeness (QED) is 0.390. The molecule has 2 aliphatic rings. The molecule has 1 unspecified atom stereocenters. The van der Waals surface area contributed by atoms with Crippen molar-refractivity contribution >= 4 is 22.7 Å². The average Bonchev–Trinajstić information content (AvgIpc) is 3.39. The van der Waals surface area contributed by atoms with Gasteiger partial charge in [0, 0.05) is 30.9 Å². The number of fused-ring (bicyclic) bond motifs is 1. The number of rotatable bonds is 5. The molecule has 5 rings (SSSR count). The molecular weight excluding hydrogens is 526 g/mol. The standard InChI is InChI=1S/C29H33F4N5O2/c1-17(2)25(36-26(39)21-14-20(29(31,32)33)4-5-23(21)30)27(40)38-11-8-28(9-12-38)7-10-34-16-22(28)18-3-6-24-19(13-18)15-35-37-24/h3-6,13-15,17,22,25,34H,7-12,16H2,1-2H3,(H,35,37)(H,36,39)/t22?,25-/m1/s1. The molecule has 7 nitrogen and oxygen atoms in total. The number of aromatic nitrogens is 2. The Kier molecular flexibility index (Phi) is 7.60. The van der Waals surface area contributed by atoms with Crippen LogP contribution in [-0.4, -0.2) is 59.1 Å². The second-order valence-electron chi connectivity index (χ2n) is 11.3. The Morgan fingerprint density at radius 2 is 1.85 bits per heavy atom. The summed E-state index contributed by atoms with van der Waals surface area (Å²) in [5.41, 5.74) is 0.358. The van der Waals surface area contributed by atoms with E-state index in [4.69, 9.17) is 0 Å². The molecule has 0 aliphatic carbocycles. The fourth-order valence-corrected chi connectivity index (χ4v) is 6.20. The summed E-state index contributed by atoms with van der Waals surface area (Å²) in [6.45, 7) is 6.22. The highest BCUT2D eigenvalue weighted by Gasteiger charge is 2.45. The van der Waals surface area contributed by atoms with Gasteiger partial charge < -0.3 is 15.5 Å². The second kappa shape index (κ2) is 10.8. The van der Waals surface area contributed by atoms with Crippen LogP contribution in [0.5, 0.6) is 0 Å². The SMILES string of the molecule is CC(C)[C@@H](NC(=O)c1cc(C(F)(F)F)ccc1F)C(=O)N1CCC2(CCNCC2c2ccc3[nH]ncc3c2)CC1. The van der Waals surface area contributed by atoms with Crippen LogP contribution >= 0.6 is 0 Å². The van der Waals surface area contributed by atoms with Crippen molar-refractivity contribution in [3.8, 4) is 0 Å². The van der Waals surface area contributed by atoms with Crippen LogP contribution < -0.4 is 10.6 Å². The number of amides is 2. The lowest BCUT2D eigenvalue weighted by atomic mass is 9.62. The first-order chi connectivity index (χ1) is 19.0. The predicted molar refractivity (Wildman–Crippen MR) is 142 cm³/mol. The number of aromatic amines is 1. The van der Waals surface area contributed by atoms with Crippen molar-refractivity contribution in [1.29, 1.82) is 0 Å². The zero-order chi connectivity index (χ0) is 28.7. The van der Waals surface area contributed by atoms with E-state index in [1.54, 1.807) is 18.7 Å². The molecule has 2 aromatic carbocycles. The van der Waals surface area contributed by atoms with Gasteiger partial charge in [-0.3, -0.25) is 14.7 Å². The summed E-state index contributed by atoms with van der Waals surface area (Å²) in [5.74, 6) is -2.52. The summed E-state index contributed by atoms with van der Waals surface area (Å²) in [6, 6.07) is 7.04. The van der Waals surface area contributed by atoms with E-state index in [9.17, 15) is 27.2 Å². The van der Waals surface area contributed by atoms with E-state index in [1.807, 2.05) is 12.3 Å². The normalized spacial score (nSPS) is 20.2. The first-order valence-electron chi connectivity index (χ1n) is 13.6. The minimum atomic E-state index is -4.73. The lowest BCUT2D eigenvalue weighted by molar-refractivity contribution is -0.138. The average molecular weight is 560 g/mol. The van der Waals surface area contributed by atoms with E-state index < -0.39 is 35.1 Å². The Morgan fingerprint density at radius 3 is 2.55 bits per heavy atom. The molecule has 2 atom stereocenters. The first kappa shape index (κ1) is 28.1. The van der Waals surface area contributed by atoms with Gasteiger partial charge in [0.25, 0.3) is 5.91 Å². The van der Waals surface area contributed by atoms with Crippen LogP contribution in [0.15, 0.2) is 42.6 Å². The summed E-state index contributed by atoms with van der Waals surface area (Å²) in [5, 5.41) is 14.2. The first-order valence-corrected chi connectivity index (χ1v) is 13.6. The number of carbonyl (C=O) groups is 2. The van der Waals surface area contributed by atoms with Gasteiger partial charge in [0.15, 0.2) is 0 Å². The van der Waals surface area contributed by atoms with E-state index in [-0.39, 0.29) is 23.2 Å². The molecule has 0 bridgehead atoms. The number of nitrogens with one attached hydrogen (secondary N) is 3. The summed E-state index contributed by atoms with van der Waals surface area (Å²) in [4.78, 5) is 28.2. The molecule has 0 saturated carbocycles. The number of alkyl halides is 3. The van der Waals surface area contributed by atoms with Gasteiger partial charge in [-0.15, -0.1) is 0 Å². The van der Waals surface area contributed by atoms with Gasteiger partial charge in [-0.1, -0.05) is 19.9 Å². The van der Waals surface area contributed by atoms with E-state index in [0.29, 0.717) is 31.3 Å². The Morgan fingerprint density at radius 1 is 1.10 bits per heavy atom. The lowest BCUT2D eigenvalue weighted by Crippen LogP contribution is -2.56. The van der Waals surface area contributed by atoms with Crippen molar-refractivity contribution in [3.05, 3.63) is 65.1 Å². The number of carbonyl (C=O) groups excluding carboxylic acids is 2. The molecular formula is C29H33F4N5O2. The largest absolute Gasteiger partial charge is 0.416 e. The highest BCUT2D eigenvalue weighted by atomic mass is 19.4. The third-order valence-corrected chi connectivity index (χ3v) is 8.58. The maximum Gasteiger partial charge on any atom is 0.416 e. The molecule has 2 amide bonds. The third kappa shape index (κ3) is 5.43. The van der Waals surface area contributed by atoms with Gasteiger partial charge in [0.05, 0.1) is 22.8 Å². The fourth-order valence-electron chi connectivity index (χ4n) is 6.20. The molecule has 2 saturated heterocycles. The van der Waals surface area contributed by atoms with Gasteiger partial charge in [-0.25, -0.2) is 4.39 Å². The van der Waals surface area contributed by atoms with Gasteiger partial charge in [0.1, 0.15) is 11.9 Å². The summed E-state index contributed by atoms with van der Waals surface area (Å²) in [7, 11) is 0. The van der Waals surface area contributed by atoms with Crippen LogP contribution in [0.2, 0.25) is 0 Å². The Bertz CT molecular complexity index is 1390. The molecule has 2 aliphatic heterocycles. The molecule has 40 heavy (non-hydrogen) atoms. The second-order valence-corrected chi connectivity index (χ2v) is 11.3. The minimum Gasteiger partial charge on any atom is -0.341 e. The summed E-state index contributed by atoms with van der Waals surface area (Å²) in [6.07, 6.45) is -0.363. The molecule has 3 aromatic rings. The Labute approximate surface area is 229 Å². The Balaban J connectivity index is 1.30. The molecule has 0 radical (unpaired) electrons. The van der Waals surface area contributed by atoms with Gasteiger partial charge >= 0.3 is 6.18 Å². The molecule has 3 heterocycles. The smallest absolute Gasteiger partial charge is 0.341 e. The third-order valence-electron chi connectivity index (χ3n) is 8.58. The van der Waals surface area contributed by atoms with Crippen molar-refractivity contribution in [1.82, 2.24) is 25.7 Å². The van der Waals surface area contributed by atoms with E-state index >= 15 is 0 Å². The maximum atomic E-state index is 14.3. The number of benzene rings is 2. The van der Waals surface area contributed by atoms with Gasteiger partial charge in [0.2, 0.25) is 5.91 Å². The molecule has 214 valence electrons. The summed E-state index contributed by atoms with van der Waals surface area (Å²) >= 11 is 0. The van der Waals surface area contributed by atoms with Crippen LogP contribution in [0, 0.1) is 17.2 Å². The van der Waals surface area contributed by atoms with Crippen molar-refractivity contribution < 1.29 is 27.2 Å². The molecule has 3 N–H and O–H groups in total. The Hall–Kier alpha value is -3.47. The van der Waals surface area contributed by atoms with Crippen molar-refractivity contribution in [2.24, 2.45) is 11.3 Å². The van der Waals surface area contributed by atoms with Crippen molar-refractivity contribution in [2.45, 2.75) is 51.2 Å². The molecule has 11 heteroatoms. The van der Waals surface area contributed by atoms with Crippen LogP contribution in [0.3, 0.4) is 0 Å². The highest BCUT2D eigenvalue weighted by Crippen LogP contribution is 2.49. The molecule has 1 spiro atoms. The van der Waals surface area contributed by atoms with Crippen molar-refractivity contribution in [2.75, 3.05) is 26.2 Å². The fraction of sp³-hybridized carbons (Fsp3) is 0.483. The maximum absolute atomic E-state index is 14.3. The molecule has 2 fully saturated rings. The minimum absolute atomic E-state index is 0.0111. The van der Waals surface area contributed by atoms with Gasteiger partial charge in [-0.05, 0) is 73.0 Å². The monoisotopic (exact) mass is 559 g/mol. The number of H-pyrrole nitrogens is 1. The van der Waals surface area contributed by atoms with Crippen LogP contribution in [0.4, 0.5) is 17.6 Å². The van der Waals surface area contributed by atoms with Crippen molar-refractivity contribution in [3.63, 3.8) is 0 Å². The number of likely N-dealkylation sites (tertiary alicyclic amines) is 1. The van der Waals surface area contributed by atoms with Crippen LogP contribution in [0.25, 0.3) is 10.9 Å². The zero-order valence-corrected chi connectivity index (χ0v) is 22.4. The number of hydrogen-bond acceptors (Lipinski definition) is 4. The number of nitrogens with zero attached hydrogens (tertiary/aromatic N) is 2. The topological polar surface area (TPSA) is 90.1 Å². The number of halogens is 4. The van der Waals surface area contributed by atoms with Crippen LogP contribution in [-0.2, 0) is 11.0 Å². The van der Waals surface area contributed by atoms with Gasteiger partial charge in [-0.2, -0.15) is 18.3 Å². The number of hydrogen-bond donors (Lipinski definition) is 3. The van der Waals surface area contributed by atoms with E-state index in [0.717, 1.165) is 43.3 Å². The number of piperidine rings is 2. The molecule has 1 aromatic heterocycles. The predicted octanol–water partition coefficient (Wildman–Crippen LogP) is 4.86. The highest BCUT2D eigenvalue weighted by molar-refractivity contribution is 5.98. The zero-order valence-electron chi connectivity index (χ0n) is 22.4.